The van der Waals surface area contributed by atoms with Crippen molar-refractivity contribution in [3.63, 3.8) is 0 Å². The Hall–Kier alpha value is -3.74. The van der Waals surface area contributed by atoms with Gasteiger partial charge in [-0.15, -0.1) is 0 Å². The Kier molecular flexibility index (Phi) is 4.72. The van der Waals surface area contributed by atoms with Crippen molar-refractivity contribution < 1.29 is 9.72 Å². The molecule has 0 aliphatic carbocycles. The molecule has 0 unspecified atom stereocenters. The fourth-order valence-corrected chi connectivity index (χ4v) is 3.28. The van der Waals surface area contributed by atoms with Crippen LogP contribution in [0.15, 0.2) is 60.8 Å². The molecule has 7 heteroatoms. The van der Waals surface area contributed by atoms with E-state index in [2.05, 4.69) is 14.9 Å². The number of nitrogens with zero attached hydrogens (tertiary/aromatic N) is 3. The molecule has 1 amide bonds. The van der Waals surface area contributed by atoms with Crippen molar-refractivity contribution in [3.05, 3.63) is 82.3 Å². The van der Waals surface area contributed by atoms with E-state index in [-0.39, 0.29) is 11.6 Å². The van der Waals surface area contributed by atoms with Gasteiger partial charge in [0.25, 0.3) is 5.69 Å². The van der Waals surface area contributed by atoms with Gasteiger partial charge >= 0.3 is 0 Å². The molecule has 28 heavy (non-hydrogen) atoms. The highest BCUT2D eigenvalue weighted by molar-refractivity contribution is 6.02. The molecule has 1 N–H and O–H groups in total. The van der Waals surface area contributed by atoms with E-state index in [1.165, 1.54) is 18.2 Å². The molecule has 0 atom stereocenters. The second-order valence-corrected chi connectivity index (χ2v) is 6.56. The lowest BCUT2D eigenvalue weighted by Gasteiger charge is -2.07. The number of imidazole rings is 1. The number of hydrogen-bond acceptors (Lipinski definition) is 4. The summed E-state index contributed by atoms with van der Waals surface area (Å²) in [6, 6.07) is 13.7. The number of aromatic nitrogens is 2. The highest BCUT2D eigenvalue weighted by Crippen LogP contribution is 2.26. The Morgan fingerprint density at radius 3 is 2.61 bits per heavy atom. The quantitative estimate of drug-likeness (QED) is 0.414. The first-order valence-electron chi connectivity index (χ1n) is 8.98. The first kappa shape index (κ1) is 17.7. The van der Waals surface area contributed by atoms with Crippen LogP contribution in [0.3, 0.4) is 0 Å². The van der Waals surface area contributed by atoms with E-state index in [1.807, 2.05) is 30.5 Å². The third kappa shape index (κ3) is 3.68. The monoisotopic (exact) mass is 374 g/mol. The van der Waals surface area contributed by atoms with E-state index in [4.69, 9.17) is 0 Å². The number of carbonyl (C=O) groups excluding carboxylic acids is 1. The third-order valence-corrected chi connectivity index (χ3v) is 4.70. The maximum atomic E-state index is 12.1. The Labute approximate surface area is 161 Å². The molecular formula is C21H18N4O3. The number of anilines is 1. The predicted octanol–water partition coefficient (Wildman–Crippen LogP) is 4.06. The lowest BCUT2D eigenvalue weighted by atomic mass is 10.1. The fraction of sp³-hybridized carbons (Fsp3) is 0.143. The molecule has 2 aromatic carbocycles. The number of rotatable bonds is 5. The summed E-state index contributed by atoms with van der Waals surface area (Å²) in [5.74, 6) is 0.861. The van der Waals surface area contributed by atoms with Gasteiger partial charge in [0.1, 0.15) is 5.82 Å². The predicted molar refractivity (Wildman–Crippen MR) is 107 cm³/mol. The van der Waals surface area contributed by atoms with Gasteiger partial charge < -0.3 is 9.88 Å². The minimum absolute atomic E-state index is 0.0190. The SMILES string of the molecule is O=C(/C=C/c1ccc([N+](=O)[O-])cc1)Nc1ccc(-c2cnc3n2CCC3)cc1. The van der Waals surface area contributed by atoms with Crippen LogP contribution in [0, 0.1) is 10.1 Å². The molecule has 0 spiro atoms. The van der Waals surface area contributed by atoms with Gasteiger partial charge in [0.2, 0.25) is 5.91 Å². The molecule has 0 saturated heterocycles. The van der Waals surface area contributed by atoms with Gasteiger partial charge in [-0.1, -0.05) is 12.1 Å². The second-order valence-electron chi connectivity index (χ2n) is 6.56. The van der Waals surface area contributed by atoms with Crippen LogP contribution in [0.4, 0.5) is 11.4 Å². The standard InChI is InChI=1S/C21H18N4O3/c26-21(12-5-15-3-10-18(11-4-15)25(27)28)23-17-8-6-16(7-9-17)19-14-22-20-2-1-13-24(19)20/h3-12,14H,1-2,13H2,(H,23,26)/b12-5+. The average Bonchev–Trinajstić information content (AvgIpc) is 3.31. The van der Waals surface area contributed by atoms with Gasteiger partial charge in [0.15, 0.2) is 0 Å². The largest absolute Gasteiger partial charge is 0.328 e. The molecule has 0 bridgehead atoms. The van der Waals surface area contributed by atoms with Gasteiger partial charge in [0.05, 0.1) is 16.8 Å². The number of nitro benzene ring substituents is 1. The van der Waals surface area contributed by atoms with E-state index in [1.54, 1.807) is 18.2 Å². The molecule has 2 heterocycles. The number of nitrogens with one attached hydrogen (secondary N) is 1. The first-order valence-corrected chi connectivity index (χ1v) is 8.98. The van der Waals surface area contributed by atoms with E-state index in [9.17, 15) is 14.9 Å². The normalized spacial score (nSPS) is 12.9. The van der Waals surface area contributed by atoms with Crippen molar-refractivity contribution in [2.45, 2.75) is 19.4 Å². The molecule has 0 fully saturated rings. The zero-order valence-corrected chi connectivity index (χ0v) is 15.0. The molecule has 0 saturated carbocycles. The average molecular weight is 374 g/mol. The summed E-state index contributed by atoms with van der Waals surface area (Å²) in [5.41, 5.74) is 3.60. The number of carbonyl (C=O) groups is 1. The highest BCUT2D eigenvalue weighted by Gasteiger charge is 2.16. The van der Waals surface area contributed by atoms with E-state index in [0.29, 0.717) is 11.3 Å². The molecule has 1 aliphatic heterocycles. The fourth-order valence-electron chi connectivity index (χ4n) is 3.28. The molecule has 1 aliphatic rings. The molecule has 1 aromatic heterocycles. The summed E-state index contributed by atoms with van der Waals surface area (Å²) in [4.78, 5) is 26.8. The number of nitro groups is 1. The smallest absolute Gasteiger partial charge is 0.269 e. The van der Waals surface area contributed by atoms with E-state index < -0.39 is 4.92 Å². The first-order chi connectivity index (χ1) is 13.6. The minimum atomic E-state index is -0.456. The third-order valence-electron chi connectivity index (χ3n) is 4.70. The van der Waals surface area contributed by atoms with Crippen LogP contribution in [0.5, 0.6) is 0 Å². The van der Waals surface area contributed by atoms with Gasteiger partial charge in [-0.25, -0.2) is 4.98 Å². The Morgan fingerprint density at radius 1 is 1.14 bits per heavy atom. The van der Waals surface area contributed by atoms with Gasteiger partial charge in [-0.2, -0.15) is 0 Å². The van der Waals surface area contributed by atoms with Crippen molar-refractivity contribution in [2.75, 3.05) is 5.32 Å². The number of benzene rings is 2. The van der Waals surface area contributed by atoms with Gasteiger partial charge in [-0.05, 0) is 47.9 Å². The number of non-ortho nitro benzene ring substituents is 1. The second kappa shape index (κ2) is 7.48. The van der Waals surface area contributed by atoms with Crippen LogP contribution in [-0.4, -0.2) is 20.4 Å². The van der Waals surface area contributed by atoms with Gasteiger partial charge in [-0.3, -0.25) is 14.9 Å². The van der Waals surface area contributed by atoms with Crippen molar-refractivity contribution in [1.29, 1.82) is 0 Å². The van der Waals surface area contributed by atoms with Crippen LogP contribution in [0.2, 0.25) is 0 Å². The highest BCUT2D eigenvalue weighted by atomic mass is 16.6. The lowest BCUT2D eigenvalue weighted by Crippen LogP contribution is -2.07. The van der Waals surface area contributed by atoms with Crippen molar-refractivity contribution in [1.82, 2.24) is 9.55 Å². The van der Waals surface area contributed by atoms with Crippen LogP contribution < -0.4 is 5.32 Å². The topological polar surface area (TPSA) is 90.1 Å². The molecule has 0 radical (unpaired) electrons. The molecule has 7 nitrogen and oxygen atoms in total. The number of amides is 1. The number of hydrogen-bond donors (Lipinski definition) is 1. The van der Waals surface area contributed by atoms with Crippen molar-refractivity contribution in [3.8, 4) is 11.3 Å². The van der Waals surface area contributed by atoms with Gasteiger partial charge in [0, 0.05) is 36.9 Å². The van der Waals surface area contributed by atoms with Crippen LogP contribution in [-0.2, 0) is 17.8 Å². The van der Waals surface area contributed by atoms with Crippen LogP contribution in [0.1, 0.15) is 17.8 Å². The summed E-state index contributed by atoms with van der Waals surface area (Å²) < 4.78 is 2.24. The number of aryl methyl sites for hydroxylation is 1. The lowest BCUT2D eigenvalue weighted by molar-refractivity contribution is -0.384. The van der Waals surface area contributed by atoms with E-state index >= 15 is 0 Å². The zero-order chi connectivity index (χ0) is 19.5. The van der Waals surface area contributed by atoms with Crippen molar-refractivity contribution >= 4 is 23.4 Å². The molecule has 3 aromatic rings. The summed E-state index contributed by atoms with van der Waals surface area (Å²) in [5, 5.41) is 13.5. The maximum Gasteiger partial charge on any atom is 0.269 e. The number of fused-ring (bicyclic) bond motifs is 1. The summed E-state index contributed by atoms with van der Waals surface area (Å²) >= 11 is 0. The molecular weight excluding hydrogens is 356 g/mol. The summed E-state index contributed by atoms with van der Waals surface area (Å²) in [6.07, 6.45) is 7.07. The zero-order valence-electron chi connectivity index (χ0n) is 15.0. The molecule has 4 rings (SSSR count). The van der Waals surface area contributed by atoms with Crippen LogP contribution in [0.25, 0.3) is 17.3 Å². The van der Waals surface area contributed by atoms with Crippen LogP contribution >= 0.6 is 0 Å². The maximum absolute atomic E-state index is 12.1. The summed E-state index contributed by atoms with van der Waals surface area (Å²) in [6.45, 7) is 0.997. The molecule has 140 valence electrons. The van der Waals surface area contributed by atoms with E-state index in [0.717, 1.165) is 36.5 Å². The van der Waals surface area contributed by atoms with Crippen molar-refractivity contribution in [2.24, 2.45) is 0 Å². The summed E-state index contributed by atoms with van der Waals surface area (Å²) in [7, 11) is 0. The Morgan fingerprint density at radius 2 is 1.89 bits per heavy atom. The minimum Gasteiger partial charge on any atom is -0.328 e. The Bertz CT molecular complexity index is 1050. The Balaban J connectivity index is 1.40.